The Balaban J connectivity index is 2.87. The van der Waals surface area contributed by atoms with Crippen molar-refractivity contribution in [3.63, 3.8) is 0 Å². The molecule has 0 radical (unpaired) electrons. The SMILES string of the molecule is CCC(CC)CC1(C(=O)O)COCCC1=O. The third-order valence-electron chi connectivity index (χ3n) is 3.56. The summed E-state index contributed by atoms with van der Waals surface area (Å²) >= 11 is 0. The quantitative estimate of drug-likeness (QED) is 0.730. The summed E-state index contributed by atoms with van der Waals surface area (Å²) in [6, 6.07) is 0. The zero-order chi connectivity index (χ0) is 12.2. The molecule has 0 bridgehead atoms. The lowest BCUT2D eigenvalue weighted by atomic mass is 9.73. The molecule has 1 fully saturated rings. The number of ether oxygens (including phenoxy) is 1. The number of aliphatic carboxylic acids is 1. The molecule has 0 spiro atoms. The second-order valence-corrected chi connectivity index (χ2v) is 4.50. The third kappa shape index (κ3) is 2.43. The summed E-state index contributed by atoms with van der Waals surface area (Å²) in [5.74, 6) is -0.913. The van der Waals surface area contributed by atoms with E-state index < -0.39 is 11.4 Å². The number of carbonyl (C=O) groups excluding carboxylic acids is 1. The van der Waals surface area contributed by atoms with Gasteiger partial charge in [-0.15, -0.1) is 0 Å². The van der Waals surface area contributed by atoms with Gasteiger partial charge in [-0.05, 0) is 12.3 Å². The zero-order valence-electron chi connectivity index (χ0n) is 9.99. The smallest absolute Gasteiger partial charge is 0.319 e. The Kier molecular flexibility index (Phi) is 4.47. The van der Waals surface area contributed by atoms with Crippen LogP contribution in [0.2, 0.25) is 0 Å². The van der Waals surface area contributed by atoms with E-state index >= 15 is 0 Å². The molecule has 0 saturated carbocycles. The van der Waals surface area contributed by atoms with Gasteiger partial charge in [0, 0.05) is 6.42 Å². The average Bonchev–Trinajstić information content (AvgIpc) is 2.28. The van der Waals surface area contributed by atoms with Crippen LogP contribution in [0.1, 0.15) is 39.5 Å². The highest BCUT2D eigenvalue weighted by atomic mass is 16.5. The molecule has 0 aromatic carbocycles. The van der Waals surface area contributed by atoms with E-state index in [9.17, 15) is 14.7 Å². The second-order valence-electron chi connectivity index (χ2n) is 4.50. The van der Waals surface area contributed by atoms with E-state index in [0.29, 0.717) is 13.0 Å². The van der Waals surface area contributed by atoms with Crippen LogP contribution >= 0.6 is 0 Å². The first-order valence-electron chi connectivity index (χ1n) is 5.91. The van der Waals surface area contributed by atoms with Crippen LogP contribution in [0.5, 0.6) is 0 Å². The second kappa shape index (κ2) is 5.43. The van der Waals surface area contributed by atoms with Crippen molar-refractivity contribution in [1.29, 1.82) is 0 Å². The van der Waals surface area contributed by atoms with Crippen LogP contribution in [-0.4, -0.2) is 30.1 Å². The molecule has 1 saturated heterocycles. The van der Waals surface area contributed by atoms with Crippen molar-refractivity contribution >= 4 is 11.8 Å². The number of rotatable bonds is 5. The summed E-state index contributed by atoms with van der Waals surface area (Å²) in [5.41, 5.74) is -1.28. The lowest BCUT2D eigenvalue weighted by Crippen LogP contribution is -2.48. The van der Waals surface area contributed by atoms with Crippen molar-refractivity contribution in [1.82, 2.24) is 0 Å². The van der Waals surface area contributed by atoms with Gasteiger partial charge in [-0.1, -0.05) is 26.7 Å². The van der Waals surface area contributed by atoms with Crippen molar-refractivity contribution in [3.05, 3.63) is 0 Å². The van der Waals surface area contributed by atoms with Gasteiger partial charge in [0.1, 0.15) is 5.41 Å². The van der Waals surface area contributed by atoms with Crippen LogP contribution in [0.25, 0.3) is 0 Å². The Morgan fingerprint density at radius 1 is 1.50 bits per heavy atom. The normalized spacial score (nSPS) is 26.1. The topological polar surface area (TPSA) is 63.6 Å². The Morgan fingerprint density at radius 2 is 2.12 bits per heavy atom. The summed E-state index contributed by atoms with van der Waals surface area (Å²) < 4.78 is 5.21. The number of carboxylic acid groups (broad SMARTS) is 1. The Morgan fingerprint density at radius 3 is 2.56 bits per heavy atom. The molecule has 0 aromatic heterocycles. The maximum atomic E-state index is 11.9. The van der Waals surface area contributed by atoms with Gasteiger partial charge in [0.2, 0.25) is 0 Å². The lowest BCUT2D eigenvalue weighted by molar-refractivity contribution is -0.166. The van der Waals surface area contributed by atoms with Crippen molar-refractivity contribution < 1.29 is 19.4 Å². The summed E-state index contributed by atoms with van der Waals surface area (Å²) in [5, 5.41) is 9.30. The maximum absolute atomic E-state index is 11.9. The minimum absolute atomic E-state index is 0.0394. The number of carboxylic acids is 1. The van der Waals surface area contributed by atoms with Crippen molar-refractivity contribution in [2.75, 3.05) is 13.2 Å². The fraction of sp³-hybridized carbons (Fsp3) is 0.833. The highest BCUT2D eigenvalue weighted by molar-refractivity contribution is 6.03. The van der Waals surface area contributed by atoms with Crippen LogP contribution in [-0.2, 0) is 14.3 Å². The highest BCUT2D eigenvalue weighted by Crippen LogP contribution is 2.35. The van der Waals surface area contributed by atoms with Crippen LogP contribution in [0, 0.1) is 11.3 Å². The summed E-state index contributed by atoms with van der Waals surface area (Å²) in [6.45, 7) is 4.45. The highest BCUT2D eigenvalue weighted by Gasteiger charge is 2.48. The molecular weight excluding hydrogens is 208 g/mol. The van der Waals surface area contributed by atoms with E-state index in [1.54, 1.807) is 0 Å². The third-order valence-corrected chi connectivity index (χ3v) is 3.56. The number of ketones is 1. The molecule has 16 heavy (non-hydrogen) atoms. The molecule has 1 unspecified atom stereocenters. The van der Waals surface area contributed by atoms with Gasteiger partial charge in [-0.25, -0.2) is 0 Å². The van der Waals surface area contributed by atoms with Gasteiger partial charge in [0.25, 0.3) is 0 Å². The van der Waals surface area contributed by atoms with Crippen molar-refractivity contribution in [2.24, 2.45) is 11.3 Å². The molecule has 92 valence electrons. The van der Waals surface area contributed by atoms with E-state index in [0.717, 1.165) is 12.8 Å². The number of hydrogen-bond donors (Lipinski definition) is 1. The zero-order valence-corrected chi connectivity index (χ0v) is 9.99. The molecule has 1 rings (SSSR count). The molecule has 4 heteroatoms. The molecule has 0 aliphatic carbocycles. The van der Waals surface area contributed by atoms with Crippen molar-refractivity contribution in [2.45, 2.75) is 39.5 Å². The number of Topliss-reactive ketones (excluding diaryl/α,β-unsaturated/α-hetero) is 1. The first-order chi connectivity index (χ1) is 7.56. The summed E-state index contributed by atoms with van der Waals surface area (Å²) in [6.07, 6.45) is 2.44. The summed E-state index contributed by atoms with van der Waals surface area (Å²) in [7, 11) is 0. The molecule has 1 aliphatic heterocycles. The lowest BCUT2D eigenvalue weighted by Gasteiger charge is -2.34. The summed E-state index contributed by atoms with van der Waals surface area (Å²) in [4.78, 5) is 23.2. The predicted molar refractivity (Wildman–Crippen MR) is 59.2 cm³/mol. The predicted octanol–water partition coefficient (Wildman–Crippen LogP) is 1.87. The Labute approximate surface area is 96.0 Å². The standard InChI is InChI=1S/C12H20O4/c1-3-9(4-2)7-12(11(14)15)8-16-6-5-10(12)13/h9H,3-8H2,1-2H3,(H,14,15). The molecule has 0 aromatic rings. The van der Waals surface area contributed by atoms with Gasteiger partial charge in [-0.2, -0.15) is 0 Å². The van der Waals surface area contributed by atoms with E-state index in [1.165, 1.54) is 0 Å². The van der Waals surface area contributed by atoms with E-state index in [1.807, 2.05) is 13.8 Å². The molecule has 1 N–H and O–H groups in total. The van der Waals surface area contributed by atoms with E-state index in [4.69, 9.17) is 4.74 Å². The number of carbonyl (C=O) groups is 2. The molecular formula is C12H20O4. The van der Waals surface area contributed by atoms with Gasteiger partial charge in [0.15, 0.2) is 5.78 Å². The largest absolute Gasteiger partial charge is 0.480 e. The maximum Gasteiger partial charge on any atom is 0.319 e. The van der Waals surface area contributed by atoms with Gasteiger partial charge in [-0.3, -0.25) is 9.59 Å². The van der Waals surface area contributed by atoms with Crippen molar-refractivity contribution in [3.8, 4) is 0 Å². The molecule has 0 amide bonds. The number of hydrogen-bond acceptors (Lipinski definition) is 3. The Bertz CT molecular complexity index is 270. The van der Waals surface area contributed by atoms with Gasteiger partial charge >= 0.3 is 5.97 Å². The van der Waals surface area contributed by atoms with E-state index in [-0.39, 0.29) is 24.7 Å². The average molecular weight is 228 g/mol. The minimum atomic E-state index is -1.28. The molecule has 1 aliphatic rings. The van der Waals surface area contributed by atoms with Gasteiger partial charge < -0.3 is 9.84 Å². The minimum Gasteiger partial charge on any atom is -0.480 e. The molecule has 1 atom stereocenters. The first-order valence-corrected chi connectivity index (χ1v) is 5.91. The van der Waals surface area contributed by atoms with E-state index in [2.05, 4.69) is 0 Å². The molecule has 4 nitrogen and oxygen atoms in total. The van der Waals surface area contributed by atoms with Crippen LogP contribution in [0.15, 0.2) is 0 Å². The fourth-order valence-corrected chi connectivity index (χ4v) is 2.24. The van der Waals surface area contributed by atoms with Crippen LogP contribution < -0.4 is 0 Å². The van der Waals surface area contributed by atoms with Crippen LogP contribution in [0.4, 0.5) is 0 Å². The van der Waals surface area contributed by atoms with Gasteiger partial charge in [0.05, 0.1) is 13.2 Å². The Hall–Kier alpha value is -0.900. The monoisotopic (exact) mass is 228 g/mol. The fourth-order valence-electron chi connectivity index (χ4n) is 2.24. The van der Waals surface area contributed by atoms with Crippen LogP contribution in [0.3, 0.4) is 0 Å². The first kappa shape index (κ1) is 13.2. The molecule has 1 heterocycles.